The number of likely N-dealkylation sites (N-methyl/N-ethyl adjacent to an activating group) is 1. The summed E-state index contributed by atoms with van der Waals surface area (Å²) in [5, 5.41) is 7.53. The lowest BCUT2D eigenvalue weighted by molar-refractivity contribution is -0.116. The van der Waals surface area contributed by atoms with Crippen molar-refractivity contribution < 1.29 is 9.32 Å². The van der Waals surface area contributed by atoms with E-state index in [9.17, 15) is 4.79 Å². The third kappa shape index (κ3) is 3.20. The first kappa shape index (κ1) is 15.2. The molecule has 1 amide bonds. The molecule has 3 heterocycles. The molecule has 118 valence electrons. The molecule has 3 rings (SSSR count). The second-order valence-electron chi connectivity index (χ2n) is 5.73. The van der Waals surface area contributed by atoms with Crippen LogP contribution in [-0.2, 0) is 24.2 Å². The Balaban J connectivity index is 1.58. The summed E-state index contributed by atoms with van der Waals surface area (Å²) in [5.74, 6) is 0.775. The fourth-order valence-corrected chi connectivity index (χ4v) is 3.76. The second kappa shape index (κ2) is 6.18. The number of thiazole rings is 1. The molecule has 22 heavy (non-hydrogen) atoms. The molecular weight excluding hydrogens is 300 g/mol. The van der Waals surface area contributed by atoms with E-state index in [0.717, 1.165) is 42.2 Å². The van der Waals surface area contributed by atoms with E-state index in [2.05, 4.69) is 27.4 Å². The van der Waals surface area contributed by atoms with Crippen LogP contribution in [0.3, 0.4) is 0 Å². The molecule has 0 unspecified atom stereocenters. The van der Waals surface area contributed by atoms with Gasteiger partial charge in [0.05, 0.1) is 11.4 Å². The molecule has 0 bridgehead atoms. The van der Waals surface area contributed by atoms with Crippen LogP contribution in [-0.4, -0.2) is 34.5 Å². The highest BCUT2D eigenvalue weighted by atomic mass is 32.1. The van der Waals surface area contributed by atoms with E-state index in [0.29, 0.717) is 18.0 Å². The van der Waals surface area contributed by atoms with Gasteiger partial charge in [0.2, 0.25) is 5.91 Å². The minimum atomic E-state index is -0.0144. The summed E-state index contributed by atoms with van der Waals surface area (Å²) >= 11 is 1.58. The lowest BCUT2D eigenvalue weighted by Gasteiger charge is -2.20. The zero-order chi connectivity index (χ0) is 15.7. The van der Waals surface area contributed by atoms with E-state index in [4.69, 9.17) is 4.52 Å². The first-order valence-electron chi connectivity index (χ1n) is 7.41. The Kier molecular flexibility index (Phi) is 4.26. The molecule has 2 aromatic heterocycles. The molecule has 1 N–H and O–H groups in total. The van der Waals surface area contributed by atoms with Gasteiger partial charge in [0.1, 0.15) is 5.76 Å². The number of nitrogens with one attached hydrogen (secondary N) is 1. The fraction of sp³-hybridized carbons (Fsp3) is 0.533. The Labute approximate surface area is 133 Å². The number of carbonyl (C=O) groups is 1. The van der Waals surface area contributed by atoms with Gasteiger partial charge in [-0.25, -0.2) is 4.98 Å². The van der Waals surface area contributed by atoms with Crippen LogP contribution in [0.15, 0.2) is 4.52 Å². The SMILES string of the molecule is Cc1noc(C)c1CCC(=O)Nc1nc2c(s1)CN(C)CC2. The Bertz CT molecular complexity index is 672. The second-order valence-corrected chi connectivity index (χ2v) is 6.81. The summed E-state index contributed by atoms with van der Waals surface area (Å²) in [6.45, 7) is 5.71. The van der Waals surface area contributed by atoms with Crippen molar-refractivity contribution >= 4 is 22.4 Å². The largest absolute Gasteiger partial charge is 0.361 e. The van der Waals surface area contributed by atoms with E-state index < -0.39 is 0 Å². The van der Waals surface area contributed by atoms with Gasteiger partial charge in [-0.1, -0.05) is 5.16 Å². The Morgan fingerprint density at radius 1 is 1.45 bits per heavy atom. The van der Waals surface area contributed by atoms with Gasteiger partial charge in [0.25, 0.3) is 0 Å². The van der Waals surface area contributed by atoms with E-state index in [1.54, 1.807) is 11.3 Å². The number of aromatic nitrogens is 2. The van der Waals surface area contributed by atoms with Gasteiger partial charge in [0.15, 0.2) is 5.13 Å². The molecule has 0 fully saturated rings. The monoisotopic (exact) mass is 320 g/mol. The molecular formula is C15H20N4O2S. The number of rotatable bonds is 4. The number of fused-ring (bicyclic) bond motifs is 1. The van der Waals surface area contributed by atoms with Crippen molar-refractivity contribution in [3.8, 4) is 0 Å². The zero-order valence-electron chi connectivity index (χ0n) is 13.1. The highest BCUT2D eigenvalue weighted by Gasteiger charge is 2.19. The Morgan fingerprint density at radius 2 is 2.27 bits per heavy atom. The first-order chi connectivity index (χ1) is 10.5. The maximum Gasteiger partial charge on any atom is 0.226 e. The van der Waals surface area contributed by atoms with Crippen LogP contribution in [0, 0.1) is 13.8 Å². The molecule has 0 aliphatic carbocycles. The molecule has 0 spiro atoms. The fourth-order valence-electron chi connectivity index (χ4n) is 2.66. The van der Waals surface area contributed by atoms with Gasteiger partial charge in [-0.3, -0.25) is 4.79 Å². The summed E-state index contributed by atoms with van der Waals surface area (Å²) in [7, 11) is 2.10. The van der Waals surface area contributed by atoms with Crippen LogP contribution in [0.25, 0.3) is 0 Å². The smallest absolute Gasteiger partial charge is 0.226 e. The number of nitrogens with zero attached hydrogens (tertiary/aromatic N) is 3. The van der Waals surface area contributed by atoms with Crippen LogP contribution in [0.4, 0.5) is 5.13 Å². The van der Waals surface area contributed by atoms with Gasteiger partial charge in [0, 0.05) is 36.4 Å². The van der Waals surface area contributed by atoms with Gasteiger partial charge in [-0.05, 0) is 27.3 Å². The van der Waals surface area contributed by atoms with Crippen molar-refractivity contribution in [2.45, 2.75) is 39.7 Å². The van der Waals surface area contributed by atoms with Crippen molar-refractivity contribution in [1.82, 2.24) is 15.0 Å². The Hall–Kier alpha value is -1.73. The molecule has 0 atom stereocenters. The summed E-state index contributed by atoms with van der Waals surface area (Å²) in [6, 6.07) is 0. The summed E-state index contributed by atoms with van der Waals surface area (Å²) in [6.07, 6.45) is 2.01. The van der Waals surface area contributed by atoms with E-state index in [1.165, 1.54) is 4.88 Å². The number of amides is 1. The summed E-state index contributed by atoms with van der Waals surface area (Å²) < 4.78 is 5.11. The van der Waals surface area contributed by atoms with Crippen molar-refractivity contribution in [2.75, 3.05) is 18.9 Å². The molecule has 1 aliphatic rings. The molecule has 2 aromatic rings. The third-order valence-corrected chi connectivity index (χ3v) is 4.95. The average Bonchev–Trinajstić information content (AvgIpc) is 3.00. The van der Waals surface area contributed by atoms with E-state index in [-0.39, 0.29) is 5.91 Å². The van der Waals surface area contributed by atoms with Crippen molar-refractivity contribution in [3.05, 3.63) is 27.6 Å². The topological polar surface area (TPSA) is 71.3 Å². The maximum absolute atomic E-state index is 12.1. The highest BCUT2D eigenvalue weighted by Crippen LogP contribution is 2.27. The summed E-state index contributed by atoms with van der Waals surface area (Å²) in [4.78, 5) is 20.2. The predicted molar refractivity (Wildman–Crippen MR) is 85.1 cm³/mol. The average molecular weight is 320 g/mol. The van der Waals surface area contributed by atoms with Crippen LogP contribution >= 0.6 is 11.3 Å². The lowest BCUT2D eigenvalue weighted by atomic mass is 10.1. The third-order valence-electron chi connectivity index (χ3n) is 3.95. The lowest BCUT2D eigenvalue weighted by Crippen LogP contribution is -2.25. The number of hydrogen-bond donors (Lipinski definition) is 1. The van der Waals surface area contributed by atoms with Crippen molar-refractivity contribution in [2.24, 2.45) is 0 Å². The molecule has 6 nitrogen and oxygen atoms in total. The normalized spacial score (nSPS) is 14.9. The van der Waals surface area contributed by atoms with Gasteiger partial charge < -0.3 is 14.7 Å². The number of hydrogen-bond acceptors (Lipinski definition) is 6. The van der Waals surface area contributed by atoms with Gasteiger partial charge >= 0.3 is 0 Å². The Morgan fingerprint density at radius 3 is 3.00 bits per heavy atom. The van der Waals surface area contributed by atoms with E-state index >= 15 is 0 Å². The van der Waals surface area contributed by atoms with Gasteiger partial charge in [-0.2, -0.15) is 0 Å². The quantitative estimate of drug-likeness (QED) is 0.936. The standard InChI is InChI=1S/C15H20N4O2S/c1-9-11(10(2)21-18-9)4-5-14(20)17-15-16-12-6-7-19(3)8-13(12)22-15/h4-8H2,1-3H3,(H,16,17,20). The van der Waals surface area contributed by atoms with Crippen molar-refractivity contribution in [3.63, 3.8) is 0 Å². The van der Waals surface area contributed by atoms with Crippen LogP contribution < -0.4 is 5.32 Å². The molecule has 0 saturated carbocycles. The number of carbonyl (C=O) groups excluding carboxylic acids is 1. The van der Waals surface area contributed by atoms with Gasteiger partial charge in [-0.15, -0.1) is 11.3 Å². The molecule has 0 aromatic carbocycles. The number of aryl methyl sites for hydroxylation is 2. The molecule has 0 saturated heterocycles. The van der Waals surface area contributed by atoms with Crippen LogP contribution in [0.2, 0.25) is 0 Å². The van der Waals surface area contributed by atoms with Crippen LogP contribution in [0.1, 0.15) is 34.0 Å². The van der Waals surface area contributed by atoms with Crippen molar-refractivity contribution in [1.29, 1.82) is 0 Å². The maximum atomic E-state index is 12.1. The minimum absolute atomic E-state index is 0.0144. The molecule has 0 radical (unpaired) electrons. The highest BCUT2D eigenvalue weighted by molar-refractivity contribution is 7.15. The minimum Gasteiger partial charge on any atom is -0.361 e. The first-order valence-corrected chi connectivity index (χ1v) is 8.23. The number of anilines is 1. The molecule has 7 heteroatoms. The summed E-state index contributed by atoms with van der Waals surface area (Å²) in [5.41, 5.74) is 3.01. The predicted octanol–water partition coefficient (Wildman–Crippen LogP) is 2.31. The molecule has 1 aliphatic heterocycles. The van der Waals surface area contributed by atoms with Crippen LogP contribution in [0.5, 0.6) is 0 Å². The van der Waals surface area contributed by atoms with E-state index in [1.807, 2.05) is 13.8 Å². The zero-order valence-corrected chi connectivity index (χ0v) is 13.9.